The molecule has 1 rings (SSSR count). The molecule has 0 saturated heterocycles. The number of carbonyl (C=O) groups is 1. The van der Waals surface area contributed by atoms with E-state index in [0.717, 1.165) is 6.08 Å². The lowest BCUT2D eigenvalue weighted by atomic mass is 10.1. The number of benzene rings is 1. The lowest BCUT2D eigenvalue weighted by Crippen LogP contribution is -2.12. The standard InChI is InChI=1S/C10H6BrFN2O/c11-8-1-2-9(12)6(4-8)3-7(5-13)10(14)15/h1-4H,(H2,14,15)/b7-3+. The predicted octanol–water partition coefficient (Wildman–Crippen LogP) is 1.98. The van der Waals surface area contributed by atoms with Crippen LogP contribution >= 0.6 is 15.9 Å². The Kier molecular flexibility index (Phi) is 3.58. The molecule has 0 aliphatic carbocycles. The predicted molar refractivity (Wildman–Crippen MR) is 56.9 cm³/mol. The van der Waals surface area contributed by atoms with Crippen LogP contribution in [0.4, 0.5) is 4.39 Å². The third kappa shape index (κ3) is 2.89. The molecule has 3 nitrogen and oxygen atoms in total. The Morgan fingerprint density at radius 3 is 2.80 bits per heavy atom. The fraction of sp³-hybridized carbons (Fsp3) is 0. The maximum absolute atomic E-state index is 13.2. The summed E-state index contributed by atoms with van der Waals surface area (Å²) >= 11 is 3.15. The number of hydrogen-bond acceptors (Lipinski definition) is 2. The number of primary amides is 1. The van der Waals surface area contributed by atoms with Crippen molar-refractivity contribution in [2.75, 3.05) is 0 Å². The number of nitrogens with zero attached hydrogens (tertiary/aromatic N) is 1. The molecular weight excluding hydrogens is 263 g/mol. The number of carbonyl (C=O) groups excluding carboxylic acids is 1. The molecule has 0 bridgehead atoms. The van der Waals surface area contributed by atoms with E-state index in [1.54, 1.807) is 6.07 Å². The fourth-order valence-corrected chi connectivity index (χ4v) is 1.32. The summed E-state index contributed by atoms with van der Waals surface area (Å²) in [6.07, 6.45) is 1.11. The molecule has 0 spiro atoms. The van der Waals surface area contributed by atoms with Crippen molar-refractivity contribution >= 4 is 27.9 Å². The molecule has 0 atom stereocenters. The Labute approximate surface area is 94.1 Å². The summed E-state index contributed by atoms with van der Waals surface area (Å²) in [4.78, 5) is 10.7. The smallest absolute Gasteiger partial charge is 0.259 e. The van der Waals surface area contributed by atoms with Crippen molar-refractivity contribution in [1.82, 2.24) is 0 Å². The van der Waals surface area contributed by atoms with Crippen molar-refractivity contribution in [1.29, 1.82) is 5.26 Å². The van der Waals surface area contributed by atoms with Crippen LogP contribution in [0.15, 0.2) is 28.2 Å². The van der Waals surface area contributed by atoms with E-state index in [2.05, 4.69) is 15.9 Å². The summed E-state index contributed by atoms with van der Waals surface area (Å²) in [5, 5.41) is 8.56. The maximum atomic E-state index is 13.2. The molecule has 2 N–H and O–H groups in total. The van der Waals surface area contributed by atoms with Gasteiger partial charge in [-0.25, -0.2) is 4.39 Å². The van der Waals surface area contributed by atoms with Crippen molar-refractivity contribution in [3.8, 4) is 6.07 Å². The summed E-state index contributed by atoms with van der Waals surface area (Å²) in [7, 11) is 0. The van der Waals surface area contributed by atoms with Gasteiger partial charge in [-0.3, -0.25) is 4.79 Å². The number of amides is 1. The molecule has 0 unspecified atom stereocenters. The Bertz CT molecular complexity index is 477. The Morgan fingerprint density at radius 2 is 2.27 bits per heavy atom. The van der Waals surface area contributed by atoms with Gasteiger partial charge in [0.1, 0.15) is 17.5 Å². The molecular formula is C10H6BrFN2O. The van der Waals surface area contributed by atoms with Crippen molar-refractivity contribution in [2.45, 2.75) is 0 Å². The molecule has 0 aromatic heterocycles. The first kappa shape index (κ1) is 11.4. The molecule has 1 amide bonds. The van der Waals surface area contributed by atoms with Crippen LogP contribution in [0.3, 0.4) is 0 Å². The summed E-state index contributed by atoms with van der Waals surface area (Å²) in [5.41, 5.74) is 4.77. The lowest BCUT2D eigenvalue weighted by molar-refractivity contribution is -0.114. The average molecular weight is 269 g/mol. The van der Waals surface area contributed by atoms with Crippen LogP contribution < -0.4 is 5.73 Å². The van der Waals surface area contributed by atoms with E-state index in [0.29, 0.717) is 4.47 Å². The van der Waals surface area contributed by atoms with Gasteiger partial charge in [0.05, 0.1) is 0 Å². The third-order valence-corrected chi connectivity index (χ3v) is 2.14. The highest BCUT2D eigenvalue weighted by Gasteiger charge is 2.06. The molecule has 0 aliphatic rings. The number of halogens is 2. The van der Waals surface area contributed by atoms with Crippen LogP contribution in [-0.4, -0.2) is 5.91 Å². The molecule has 0 saturated carbocycles. The van der Waals surface area contributed by atoms with Crippen molar-refractivity contribution < 1.29 is 9.18 Å². The Morgan fingerprint density at radius 1 is 1.60 bits per heavy atom. The van der Waals surface area contributed by atoms with E-state index in [9.17, 15) is 9.18 Å². The zero-order valence-corrected chi connectivity index (χ0v) is 9.08. The Hall–Kier alpha value is -1.67. The first-order valence-corrected chi connectivity index (χ1v) is 4.70. The van der Waals surface area contributed by atoms with Gasteiger partial charge in [0.2, 0.25) is 0 Å². The quantitative estimate of drug-likeness (QED) is 0.658. The number of hydrogen-bond donors (Lipinski definition) is 1. The normalized spacial score (nSPS) is 10.9. The molecule has 76 valence electrons. The second kappa shape index (κ2) is 4.71. The molecule has 0 fully saturated rings. The fourth-order valence-electron chi connectivity index (χ4n) is 0.939. The number of nitrogens with two attached hydrogens (primary N) is 1. The zero-order valence-electron chi connectivity index (χ0n) is 7.50. The van der Waals surface area contributed by atoms with Gasteiger partial charge in [-0.05, 0) is 24.3 Å². The molecule has 0 radical (unpaired) electrons. The van der Waals surface area contributed by atoms with E-state index >= 15 is 0 Å². The maximum Gasteiger partial charge on any atom is 0.259 e. The van der Waals surface area contributed by atoms with E-state index < -0.39 is 11.7 Å². The van der Waals surface area contributed by atoms with Crippen LogP contribution in [0.25, 0.3) is 6.08 Å². The summed E-state index contributed by atoms with van der Waals surface area (Å²) < 4.78 is 13.9. The van der Waals surface area contributed by atoms with Gasteiger partial charge in [-0.1, -0.05) is 15.9 Å². The SMILES string of the molecule is N#C/C(=C\c1cc(Br)ccc1F)C(N)=O. The summed E-state index contributed by atoms with van der Waals surface area (Å²) in [6.45, 7) is 0. The van der Waals surface area contributed by atoms with E-state index in [1.165, 1.54) is 18.2 Å². The Balaban J connectivity index is 3.23. The highest BCUT2D eigenvalue weighted by Crippen LogP contribution is 2.17. The van der Waals surface area contributed by atoms with E-state index in [1.807, 2.05) is 0 Å². The van der Waals surface area contributed by atoms with Gasteiger partial charge >= 0.3 is 0 Å². The third-order valence-electron chi connectivity index (χ3n) is 1.64. The van der Waals surface area contributed by atoms with Gasteiger partial charge in [-0.15, -0.1) is 0 Å². The number of nitriles is 1. The van der Waals surface area contributed by atoms with Gasteiger partial charge < -0.3 is 5.73 Å². The van der Waals surface area contributed by atoms with Crippen molar-refractivity contribution in [2.24, 2.45) is 5.73 Å². The highest BCUT2D eigenvalue weighted by molar-refractivity contribution is 9.10. The molecule has 1 aromatic carbocycles. The van der Waals surface area contributed by atoms with Crippen LogP contribution in [0, 0.1) is 17.1 Å². The summed E-state index contributed by atoms with van der Waals surface area (Å²) in [6, 6.07) is 5.80. The minimum absolute atomic E-state index is 0.139. The topological polar surface area (TPSA) is 66.9 Å². The van der Waals surface area contributed by atoms with E-state index in [-0.39, 0.29) is 11.1 Å². The van der Waals surface area contributed by atoms with Crippen molar-refractivity contribution in [3.63, 3.8) is 0 Å². The van der Waals surface area contributed by atoms with Crippen LogP contribution in [-0.2, 0) is 4.79 Å². The molecule has 0 aliphatic heterocycles. The largest absolute Gasteiger partial charge is 0.365 e. The van der Waals surface area contributed by atoms with Gasteiger partial charge in [-0.2, -0.15) is 5.26 Å². The lowest BCUT2D eigenvalue weighted by Gasteiger charge is -1.98. The second-order valence-electron chi connectivity index (χ2n) is 2.70. The average Bonchev–Trinajstić information content (AvgIpc) is 2.18. The zero-order chi connectivity index (χ0) is 11.4. The minimum atomic E-state index is -0.878. The van der Waals surface area contributed by atoms with Gasteiger partial charge in [0.15, 0.2) is 0 Å². The van der Waals surface area contributed by atoms with Crippen molar-refractivity contribution in [3.05, 3.63) is 39.6 Å². The molecule has 5 heteroatoms. The minimum Gasteiger partial charge on any atom is -0.365 e. The molecule has 0 heterocycles. The number of rotatable bonds is 2. The van der Waals surface area contributed by atoms with Crippen LogP contribution in [0.5, 0.6) is 0 Å². The van der Waals surface area contributed by atoms with Crippen LogP contribution in [0.1, 0.15) is 5.56 Å². The first-order valence-electron chi connectivity index (χ1n) is 3.91. The molecule has 1 aromatic rings. The van der Waals surface area contributed by atoms with Gasteiger partial charge in [0.25, 0.3) is 5.91 Å². The van der Waals surface area contributed by atoms with Crippen LogP contribution in [0.2, 0.25) is 0 Å². The summed E-state index contributed by atoms with van der Waals surface area (Å²) in [5.74, 6) is -1.40. The monoisotopic (exact) mass is 268 g/mol. The first-order chi connectivity index (χ1) is 7.04. The van der Waals surface area contributed by atoms with E-state index in [4.69, 9.17) is 11.0 Å². The second-order valence-corrected chi connectivity index (χ2v) is 3.62. The van der Waals surface area contributed by atoms with Gasteiger partial charge in [0, 0.05) is 10.0 Å². The molecule has 15 heavy (non-hydrogen) atoms. The highest BCUT2D eigenvalue weighted by atomic mass is 79.9.